The molecule has 16 heavy (non-hydrogen) atoms. The Kier molecular flexibility index (Phi) is 4.05. The third kappa shape index (κ3) is 2.67. The smallest absolute Gasteiger partial charge is 0.0638 e. The van der Waals surface area contributed by atoms with Crippen LogP contribution in [0.1, 0.15) is 11.6 Å². The summed E-state index contributed by atoms with van der Waals surface area (Å²) in [5.74, 6) is 0. The van der Waals surface area contributed by atoms with E-state index < -0.39 is 0 Å². The maximum absolute atomic E-state index is 6.14. The van der Waals surface area contributed by atoms with Gasteiger partial charge in [0.1, 0.15) is 0 Å². The number of nitrogens with one attached hydrogen (secondary N) is 1. The number of benzene rings is 1. The monoisotopic (exact) mass is 260 g/mol. The lowest BCUT2D eigenvalue weighted by molar-refractivity contribution is 0.0685. The summed E-state index contributed by atoms with van der Waals surface area (Å²) < 4.78 is 5.38. The van der Waals surface area contributed by atoms with Gasteiger partial charge in [-0.3, -0.25) is 0 Å². The Hall–Kier alpha value is -0.320. The highest BCUT2D eigenvalue weighted by Crippen LogP contribution is 2.26. The van der Waals surface area contributed by atoms with Crippen molar-refractivity contribution >= 4 is 23.2 Å². The van der Waals surface area contributed by atoms with E-state index in [1.807, 2.05) is 12.1 Å². The summed E-state index contributed by atoms with van der Waals surface area (Å²) in [5, 5.41) is 4.41. The van der Waals surface area contributed by atoms with Crippen LogP contribution in [0.5, 0.6) is 0 Å². The summed E-state index contributed by atoms with van der Waals surface area (Å²) >= 11 is 11.8. The van der Waals surface area contributed by atoms with Crippen LogP contribution in [0.15, 0.2) is 18.2 Å². The minimum atomic E-state index is -0.130. The van der Waals surface area contributed by atoms with E-state index in [1.54, 1.807) is 6.07 Å². The Bertz CT molecular complexity index is 367. The van der Waals surface area contributed by atoms with Crippen molar-refractivity contribution in [1.29, 1.82) is 0 Å². The molecule has 2 unspecified atom stereocenters. The summed E-state index contributed by atoms with van der Waals surface area (Å²) in [6.07, 6.45) is 0. The fourth-order valence-electron chi connectivity index (χ4n) is 1.77. The molecule has 2 atom stereocenters. The van der Waals surface area contributed by atoms with E-state index in [0.717, 1.165) is 18.7 Å². The summed E-state index contributed by atoms with van der Waals surface area (Å²) in [7, 11) is 0. The van der Waals surface area contributed by atoms with Crippen LogP contribution >= 0.6 is 23.2 Å². The third-order valence-electron chi connectivity index (χ3n) is 2.71. The molecule has 88 valence electrons. The van der Waals surface area contributed by atoms with E-state index in [4.69, 9.17) is 33.7 Å². The van der Waals surface area contributed by atoms with E-state index in [9.17, 15) is 0 Å². The molecule has 3 N–H and O–H groups in total. The van der Waals surface area contributed by atoms with E-state index in [0.29, 0.717) is 16.7 Å². The van der Waals surface area contributed by atoms with Crippen LogP contribution < -0.4 is 11.1 Å². The normalized spacial score (nSPS) is 23.1. The van der Waals surface area contributed by atoms with Gasteiger partial charge in [-0.25, -0.2) is 0 Å². The predicted octanol–water partition coefficient (Wildman–Crippen LogP) is 1.98. The molecule has 0 radical (unpaired) electrons. The van der Waals surface area contributed by atoms with Gasteiger partial charge in [0, 0.05) is 18.6 Å². The maximum atomic E-state index is 6.14. The molecular weight excluding hydrogens is 247 g/mol. The maximum Gasteiger partial charge on any atom is 0.0638 e. The molecule has 0 saturated carbocycles. The molecule has 1 heterocycles. The second kappa shape index (κ2) is 5.34. The lowest BCUT2D eigenvalue weighted by Crippen LogP contribution is -2.47. The summed E-state index contributed by atoms with van der Waals surface area (Å²) in [4.78, 5) is 0. The number of rotatable bonds is 2. The van der Waals surface area contributed by atoms with Gasteiger partial charge in [0.15, 0.2) is 0 Å². The van der Waals surface area contributed by atoms with Crippen LogP contribution in [0.2, 0.25) is 10.0 Å². The van der Waals surface area contributed by atoms with Gasteiger partial charge >= 0.3 is 0 Å². The van der Waals surface area contributed by atoms with Gasteiger partial charge in [0.2, 0.25) is 0 Å². The largest absolute Gasteiger partial charge is 0.378 e. The van der Waals surface area contributed by atoms with Gasteiger partial charge in [-0.1, -0.05) is 29.3 Å². The van der Waals surface area contributed by atoms with E-state index >= 15 is 0 Å². The number of nitrogens with two attached hydrogens (primary N) is 1. The van der Waals surface area contributed by atoms with Crippen molar-refractivity contribution in [2.24, 2.45) is 5.73 Å². The van der Waals surface area contributed by atoms with Crippen LogP contribution in [0.25, 0.3) is 0 Å². The molecule has 1 aliphatic rings. The molecule has 1 aromatic rings. The van der Waals surface area contributed by atoms with E-state index in [-0.39, 0.29) is 12.1 Å². The Labute approximate surface area is 105 Å². The first-order valence-corrected chi connectivity index (χ1v) is 5.96. The minimum Gasteiger partial charge on any atom is -0.378 e. The van der Waals surface area contributed by atoms with Crippen molar-refractivity contribution in [2.45, 2.75) is 12.1 Å². The van der Waals surface area contributed by atoms with Crippen LogP contribution in [0.3, 0.4) is 0 Å². The quantitative estimate of drug-likeness (QED) is 0.855. The first-order valence-electron chi connectivity index (χ1n) is 5.20. The highest BCUT2D eigenvalue weighted by atomic mass is 35.5. The first kappa shape index (κ1) is 12.1. The highest BCUT2D eigenvalue weighted by molar-refractivity contribution is 6.42. The molecule has 2 rings (SSSR count). The lowest BCUT2D eigenvalue weighted by Gasteiger charge is -2.29. The number of morpholine rings is 1. The minimum absolute atomic E-state index is 0.130. The standard InChI is InChI=1S/C11H14Cl2N2O/c12-8-2-1-7(5-9(8)13)11(14)10-6-16-4-3-15-10/h1-2,5,10-11,15H,3-4,6,14H2. The van der Waals surface area contributed by atoms with E-state index in [1.165, 1.54) is 0 Å². The van der Waals surface area contributed by atoms with Crippen molar-refractivity contribution in [3.8, 4) is 0 Å². The van der Waals surface area contributed by atoms with E-state index in [2.05, 4.69) is 5.32 Å². The second-order valence-electron chi connectivity index (χ2n) is 3.83. The lowest BCUT2D eigenvalue weighted by atomic mass is 10.0. The molecular formula is C11H14Cl2N2O. The van der Waals surface area contributed by atoms with Gasteiger partial charge in [0.05, 0.1) is 23.3 Å². The number of ether oxygens (including phenoxy) is 1. The molecule has 0 aromatic heterocycles. The fraction of sp³-hybridized carbons (Fsp3) is 0.455. The molecule has 5 heteroatoms. The van der Waals surface area contributed by atoms with Crippen LogP contribution in [0, 0.1) is 0 Å². The van der Waals surface area contributed by atoms with Crippen molar-refractivity contribution in [3.05, 3.63) is 33.8 Å². The number of hydrogen-bond acceptors (Lipinski definition) is 3. The van der Waals surface area contributed by atoms with Crippen LogP contribution in [0.4, 0.5) is 0 Å². The Balaban J connectivity index is 2.12. The van der Waals surface area contributed by atoms with Crippen molar-refractivity contribution in [3.63, 3.8) is 0 Å². The Morgan fingerprint density at radius 3 is 2.81 bits per heavy atom. The molecule has 3 nitrogen and oxygen atoms in total. The van der Waals surface area contributed by atoms with Gasteiger partial charge in [0.25, 0.3) is 0 Å². The Morgan fingerprint density at radius 2 is 2.19 bits per heavy atom. The zero-order chi connectivity index (χ0) is 11.5. The zero-order valence-electron chi connectivity index (χ0n) is 8.75. The van der Waals surface area contributed by atoms with Gasteiger partial charge in [-0.2, -0.15) is 0 Å². The highest BCUT2D eigenvalue weighted by Gasteiger charge is 2.22. The molecule has 0 bridgehead atoms. The topological polar surface area (TPSA) is 47.3 Å². The molecule has 1 saturated heterocycles. The van der Waals surface area contributed by atoms with Gasteiger partial charge < -0.3 is 15.8 Å². The number of hydrogen-bond donors (Lipinski definition) is 2. The molecule has 1 aromatic carbocycles. The summed E-state index contributed by atoms with van der Waals surface area (Å²) in [6, 6.07) is 5.48. The molecule has 0 amide bonds. The van der Waals surface area contributed by atoms with Crippen molar-refractivity contribution < 1.29 is 4.74 Å². The second-order valence-corrected chi connectivity index (χ2v) is 4.65. The van der Waals surface area contributed by atoms with Crippen molar-refractivity contribution in [2.75, 3.05) is 19.8 Å². The van der Waals surface area contributed by atoms with Crippen LogP contribution in [-0.2, 0) is 4.74 Å². The molecule has 0 spiro atoms. The van der Waals surface area contributed by atoms with Gasteiger partial charge in [-0.15, -0.1) is 0 Å². The SMILES string of the molecule is NC(c1ccc(Cl)c(Cl)c1)C1COCCN1. The summed E-state index contributed by atoms with van der Waals surface area (Å²) in [6.45, 7) is 2.20. The predicted molar refractivity (Wildman–Crippen MR) is 66.0 cm³/mol. The molecule has 0 aliphatic carbocycles. The average molecular weight is 261 g/mol. The Morgan fingerprint density at radius 1 is 1.38 bits per heavy atom. The fourth-order valence-corrected chi connectivity index (χ4v) is 2.07. The molecule has 1 aliphatic heterocycles. The zero-order valence-corrected chi connectivity index (χ0v) is 10.3. The number of halogens is 2. The first-order chi connectivity index (χ1) is 7.68. The summed E-state index contributed by atoms with van der Waals surface area (Å²) in [5.41, 5.74) is 7.11. The average Bonchev–Trinajstić information content (AvgIpc) is 2.33. The van der Waals surface area contributed by atoms with Crippen molar-refractivity contribution in [1.82, 2.24) is 5.32 Å². The van der Waals surface area contributed by atoms with Crippen LogP contribution in [-0.4, -0.2) is 25.8 Å². The third-order valence-corrected chi connectivity index (χ3v) is 3.45. The molecule has 1 fully saturated rings. The van der Waals surface area contributed by atoms with Gasteiger partial charge in [-0.05, 0) is 17.7 Å².